The summed E-state index contributed by atoms with van der Waals surface area (Å²) in [6, 6.07) is 27.9. The number of hydrogen-bond donors (Lipinski definition) is 0. The number of amides is 2. The predicted octanol–water partition coefficient (Wildman–Crippen LogP) is 5.73. The number of hydrogen-bond acceptors (Lipinski definition) is 4. The van der Waals surface area contributed by atoms with Gasteiger partial charge in [0.15, 0.2) is 0 Å². The third-order valence-corrected chi connectivity index (χ3v) is 8.51. The number of carbonyl (C=O) groups excluding carboxylic acids is 2. The van der Waals surface area contributed by atoms with E-state index in [2.05, 4.69) is 20.8 Å². The Balaban J connectivity index is 1.12. The Bertz CT molecular complexity index is 1480. The second kappa shape index (κ2) is 11.3. The van der Waals surface area contributed by atoms with Crippen LogP contribution in [0.25, 0.3) is 22.2 Å². The van der Waals surface area contributed by atoms with Gasteiger partial charge in [-0.15, -0.1) is 0 Å². The Hall–Kier alpha value is -3.55. The summed E-state index contributed by atoms with van der Waals surface area (Å²) >= 11 is 3.50. The van der Waals surface area contributed by atoms with Crippen LogP contribution in [-0.2, 0) is 0 Å². The van der Waals surface area contributed by atoms with Gasteiger partial charge >= 0.3 is 0 Å². The first-order chi connectivity index (χ1) is 19.1. The molecule has 0 aliphatic carbocycles. The molecule has 0 bridgehead atoms. The second-order valence-corrected chi connectivity index (χ2v) is 11.2. The van der Waals surface area contributed by atoms with Crippen molar-refractivity contribution in [2.75, 3.05) is 39.3 Å². The van der Waals surface area contributed by atoms with Crippen LogP contribution in [0.2, 0.25) is 0 Å². The number of piperazine rings is 1. The van der Waals surface area contributed by atoms with Gasteiger partial charge in [0.1, 0.15) is 0 Å². The summed E-state index contributed by atoms with van der Waals surface area (Å²) in [4.78, 5) is 38.0. The van der Waals surface area contributed by atoms with E-state index in [4.69, 9.17) is 4.98 Å². The topological polar surface area (TPSA) is 56.8 Å². The van der Waals surface area contributed by atoms with Crippen molar-refractivity contribution < 1.29 is 9.59 Å². The van der Waals surface area contributed by atoms with Crippen molar-refractivity contribution in [3.63, 3.8) is 0 Å². The maximum absolute atomic E-state index is 13.8. The minimum Gasteiger partial charge on any atom is -0.339 e. The minimum absolute atomic E-state index is 0.0647. The summed E-state index contributed by atoms with van der Waals surface area (Å²) in [6.07, 6.45) is 1.94. The Labute approximate surface area is 237 Å². The highest BCUT2D eigenvalue weighted by Crippen LogP contribution is 2.28. The van der Waals surface area contributed by atoms with E-state index in [1.54, 1.807) is 0 Å². The molecule has 0 spiro atoms. The minimum atomic E-state index is 0.0647. The van der Waals surface area contributed by atoms with Gasteiger partial charge in [-0.1, -0.05) is 64.5 Å². The average molecular weight is 584 g/mol. The number of fused-ring (bicyclic) bond motifs is 1. The molecule has 2 fully saturated rings. The van der Waals surface area contributed by atoms with Crippen LogP contribution in [-0.4, -0.2) is 76.8 Å². The first-order valence-electron chi connectivity index (χ1n) is 13.6. The fourth-order valence-corrected chi connectivity index (χ4v) is 6.04. The molecule has 4 aromatic rings. The predicted molar refractivity (Wildman–Crippen MR) is 158 cm³/mol. The van der Waals surface area contributed by atoms with Crippen LogP contribution >= 0.6 is 15.9 Å². The van der Waals surface area contributed by atoms with E-state index in [0.29, 0.717) is 24.7 Å². The molecule has 0 saturated carbocycles. The maximum atomic E-state index is 13.8. The zero-order chi connectivity index (χ0) is 26.8. The molecule has 0 N–H and O–H groups in total. The van der Waals surface area contributed by atoms with Crippen molar-refractivity contribution in [1.29, 1.82) is 0 Å². The van der Waals surface area contributed by atoms with Gasteiger partial charge < -0.3 is 9.80 Å². The molecule has 0 unspecified atom stereocenters. The Morgan fingerprint density at radius 3 is 2.08 bits per heavy atom. The normalized spacial score (nSPS) is 16.9. The molecule has 2 aliphatic rings. The van der Waals surface area contributed by atoms with Crippen molar-refractivity contribution in [1.82, 2.24) is 19.7 Å². The molecule has 1 aromatic heterocycles. The van der Waals surface area contributed by atoms with Gasteiger partial charge in [0.05, 0.1) is 16.8 Å². The molecule has 2 aliphatic heterocycles. The van der Waals surface area contributed by atoms with Gasteiger partial charge in [0.2, 0.25) is 0 Å². The summed E-state index contributed by atoms with van der Waals surface area (Å²) in [6.45, 7) is 4.66. The molecule has 3 aromatic carbocycles. The van der Waals surface area contributed by atoms with E-state index in [1.165, 1.54) is 0 Å². The lowest BCUT2D eigenvalue weighted by atomic mass is 10.0. The first kappa shape index (κ1) is 25.7. The second-order valence-electron chi connectivity index (χ2n) is 10.3. The lowest BCUT2D eigenvalue weighted by Gasteiger charge is -2.42. The van der Waals surface area contributed by atoms with Gasteiger partial charge in [0, 0.05) is 66.3 Å². The molecule has 0 radical (unpaired) electrons. The number of halogens is 1. The van der Waals surface area contributed by atoms with E-state index >= 15 is 0 Å². The summed E-state index contributed by atoms with van der Waals surface area (Å²) in [5.74, 6) is 0.187. The van der Waals surface area contributed by atoms with Gasteiger partial charge in [-0.2, -0.15) is 0 Å². The molecule has 7 heteroatoms. The zero-order valence-electron chi connectivity index (χ0n) is 21.8. The van der Waals surface area contributed by atoms with E-state index in [0.717, 1.165) is 71.2 Å². The van der Waals surface area contributed by atoms with E-state index in [9.17, 15) is 9.59 Å². The highest BCUT2D eigenvalue weighted by Gasteiger charge is 2.31. The van der Waals surface area contributed by atoms with E-state index < -0.39 is 0 Å². The van der Waals surface area contributed by atoms with Gasteiger partial charge in [-0.3, -0.25) is 14.5 Å². The van der Waals surface area contributed by atoms with Crippen LogP contribution in [0, 0.1) is 0 Å². The highest BCUT2D eigenvalue weighted by molar-refractivity contribution is 9.10. The van der Waals surface area contributed by atoms with Crippen LogP contribution in [0.15, 0.2) is 89.4 Å². The lowest BCUT2D eigenvalue weighted by Crippen LogP contribution is -2.54. The number of piperidine rings is 1. The van der Waals surface area contributed by atoms with Crippen molar-refractivity contribution in [3.8, 4) is 11.3 Å². The number of carbonyl (C=O) groups is 2. The molecule has 2 amide bonds. The summed E-state index contributed by atoms with van der Waals surface area (Å²) < 4.78 is 1.01. The van der Waals surface area contributed by atoms with Crippen molar-refractivity contribution in [3.05, 3.63) is 101 Å². The van der Waals surface area contributed by atoms with Crippen LogP contribution < -0.4 is 0 Å². The SMILES string of the molecule is O=C(c1ccccc1)N1CCC(N2CCN(C(=O)c3cc(-c4ccc(Br)cc4)nc4ccccc34)CC2)CC1. The van der Waals surface area contributed by atoms with Crippen LogP contribution in [0.5, 0.6) is 0 Å². The summed E-state index contributed by atoms with van der Waals surface area (Å²) in [5, 5.41) is 0.890. The van der Waals surface area contributed by atoms with Crippen LogP contribution in [0.4, 0.5) is 0 Å². The smallest absolute Gasteiger partial charge is 0.254 e. The molecule has 39 heavy (non-hydrogen) atoms. The summed E-state index contributed by atoms with van der Waals surface area (Å²) in [5.41, 5.74) is 4.09. The van der Waals surface area contributed by atoms with Gasteiger partial charge in [0.25, 0.3) is 11.8 Å². The van der Waals surface area contributed by atoms with Gasteiger partial charge in [-0.25, -0.2) is 4.98 Å². The molecular weight excluding hydrogens is 552 g/mol. The Kier molecular flexibility index (Phi) is 7.44. The van der Waals surface area contributed by atoms with E-state index in [1.807, 2.05) is 94.7 Å². The zero-order valence-corrected chi connectivity index (χ0v) is 23.4. The monoisotopic (exact) mass is 582 g/mol. The molecule has 6 nitrogen and oxygen atoms in total. The highest BCUT2D eigenvalue weighted by atomic mass is 79.9. The van der Waals surface area contributed by atoms with Crippen molar-refractivity contribution in [2.45, 2.75) is 18.9 Å². The lowest BCUT2D eigenvalue weighted by molar-refractivity contribution is 0.0413. The number of pyridine rings is 1. The molecule has 6 rings (SSSR count). The first-order valence-corrected chi connectivity index (χ1v) is 14.4. The van der Waals surface area contributed by atoms with Crippen molar-refractivity contribution >= 4 is 38.6 Å². The fourth-order valence-electron chi connectivity index (χ4n) is 5.78. The van der Waals surface area contributed by atoms with Crippen LogP contribution in [0.1, 0.15) is 33.6 Å². The average Bonchev–Trinajstić information content (AvgIpc) is 3.01. The maximum Gasteiger partial charge on any atom is 0.254 e. The third-order valence-electron chi connectivity index (χ3n) is 7.98. The Morgan fingerprint density at radius 2 is 1.36 bits per heavy atom. The number of nitrogens with zero attached hydrogens (tertiary/aromatic N) is 4. The van der Waals surface area contributed by atoms with Crippen LogP contribution in [0.3, 0.4) is 0 Å². The molecule has 3 heterocycles. The van der Waals surface area contributed by atoms with Crippen molar-refractivity contribution in [2.24, 2.45) is 0 Å². The molecule has 198 valence electrons. The summed E-state index contributed by atoms with van der Waals surface area (Å²) in [7, 11) is 0. The number of rotatable bonds is 4. The molecule has 0 atom stereocenters. The number of likely N-dealkylation sites (tertiary alicyclic amines) is 1. The molecule has 2 saturated heterocycles. The number of aromatic nitrogens is 1. The Morgan fingerprint density at radius 1 is 0.718 bits per heavy atom. The number of benzene rings is 3. The molecular formula is C32H31BrN4O2. The standard InChI is InChI=1S/C32H31BrN4O2/c33-25-12-10-23(11-13-25)30-22-28(27-8-4-5-9-29(27)34-30)32(39)37-20-18-35(19-21-37)26-14-16-36(17-15-26)31(38)24-6-2-1-3-7-24/h1-13,22,26H,14-21H2. The fraction of sp³-hybridized carbons (Fsp3) is 0.281. The third kappa shape index (κ3) is 5.47. The van der Waals surface area contributed by atoms with E-state index in [-0.39, 0.29) is 11.8 Å². The van der Waals surface area contributed by atoms with Gasteiger partial charge in [-0.05, 0) is 49.2 Å². The number of para-hydroxylation sites is 1. The quantitative estimate of drug-likeness (QED) is 0.308. The largest absolute Gasteiger partial charge is 0.339 e.